The molecule has 4 rings (SSSR count). The molecule has 2 aromatic carbocycles. The Morgan fingerprint density at radius 1 is 1.00 bits per heavy atom. The number of hydrogen-bond acceptors (Lipinski definition) is 5. The van der Waals surface area contributed by atoms with Crippen LogP contribution in [0.1, 0.15) is 29.8 Å². The molecule has 1 aromatic heterocycles. The summed E-state index contributed by atoms with van der Waals surface area (Å²) < 4.78 is 13.8. The molecule has 0 amide bonds. The molecule has 0 bridgehead atoms. The van der Waals surface area contributed by atoms with Crippen molar-refractivity contribution in [2.75, 3.05) is 26.3 Å². The number of piperidine rings is 1. The van der Waals surface area contributed by atoms with Crippen molar-refractivity contribution in [3.05, 3.63) is 77.6 Å². The van der Waals surface area contributed by atoms with Crippen molar-refractivity contribution < 1.29 is 14.6 Å². The molecule has 1 unspecified atom stereocenters. The van der Waals surface area contributed by atoms with E-state index in [2.05, 4.69) is 35.1 Å². The zero-order chi connectivity index (χ0) is 22.4. The van der Waals surface area contributed by atoms with Crippen LogP contribution >= 0.6 is 0 Å². The van der Waals surface area contributed by atoms with Gasteiger partial charge in [0.05, 0.1) is 12.2 Å². The van der Waals surface area contributed by atoms with Crippen molar-refractivity contribution in [3.8, 4) is 11.5 Å². The van der Waals surface area contributed by atoms with Gasteiger partial charge in [-0.1, -0.05) is 30.3 Å². The molecule has 3 aromatic rings. The van der Waals surface area contributed by atoms with Crippen LogP contribution in [0.2, 0.25) is 0 Å². The number of para-hydroxylation sites is 1. The fourth-order valence-electron chi connectivity index (χ4n) is 4.34. The second-order valence-corrected chi connectivity index (χ2v) is 8.79. The largest absolute Gasteiger partial charge is 0.492 e. The van der Waals surface area contributed by atoms with Crippen molar-refractivity contribution in [2.45, 2.75) is 45.4 Å². The Labute approximate surface area is 190 Å². The van der Waals surface area contributed by atoms with Crippen LogP contribution in [0.3, 0.4) is 0 Å². The fraction of sp³-hybridized carbons (Fsp3) is 0.423. The van der Waals surface area contributed by atoms with Crippen molar-refractivity contribution in [1.82, 2.24) is 14.7 Å². The van der Waals surface area contributed by atoms with E-state index in [9.17, 15) is 5.11 Å². The lowest BCUT2D eigenvalue weighted by Gasteiger charge is -2.39. The van der Waals surface area contributed by atoms with Gasteiger partial charge in [0.25, 0.3) is 0 Å². The van der Waals surface area contributed by atoms with E-state index in [4.69, 9.17) is 9.47 Å². The molecule has 170 valence electrons. The molecular formula is C26H33N3O3. The average molecular weight is 436 g/mol. The minimum Gasteiger partial charge on any atom is -0.492 e. The van der Waals surface area contributed by atoms with Crippen LogP contribution in [-0.2, 0) is 13.1 Å². The van der Waals surface area contributed by atoms with E-state index < -0.39 is 5.60 Å². The van der Waals surface area contributed by atoms with Gasteiger partial charge in [0.2, 0.25) is 0 Å². The third kappa shape index (κ3) is 6.11. The normalized spacial score (nSPS) is 19.1. The number of β-amino-alcohol motifs (C(OH)–C–C–N with tert-alkyl or cyclic N) is 1. The second kappa shape index (κ2) is 10.2. The van der Waals surface area contributed by atoms with E-state index in [1.165, 1.54) is 5.56 Å². The molecule has 0 aliphatic carbocycles. The maximum Gasteiger partial charge on any atom is 0.119 e. The lowest BCUT2D eigenvalue weighted by Crippen LogP contribution is -2.51. The highest BCUT2D eigenvalue weighted by Gasteiger charge is 2.34. The van der Waals surface area contributed by atoms with Gasteiger partial charge in [-0.2, -0.15) is 5.10 Å². The quantitative estimate of drug-likeness (QED) is 0.551. The van der Waals surface area contributed by atoms with Gasteiger partial charge in [-0.3, -0.25) is 9.58 Å². The number of aromatic nitrogens is 2. The number of likely N-dealkylation sites (tertiary alicyclic amines) is 1. The molecule has 0 spiro atoms. The second-order valence-electron chi connectivity index (χ2n) is 8.79. The molecule has 6 nitrogen and oxygen atoms in total. The molecular weight excluding hydrogens is 402 g/mol. The molecule has 1 N–H and O–H groups in total. The highest BCUT2D eigenvalue weighted by molar-refractivity contribution is 5.28. The lowest BCUT2D eigenvalue weighted by molar-refractivity contribution is -0.0621. The minimum absolute atomic E-state index is 0.309. The summed E-state index contributed by atoms with van der Waals surface area (Å²) in [6.45, 7) is 8.02. The zero-order valence-corrected chi connectivity index (χ0v) is 19.0. The van der Waals surface area contributed by atoms with Gasteiger partial charge in [0, 0.05) is 18.8 Å². The summed E-state index contributed by atoms with van der Waals surface area (Å²) in [5, 5.41) is 15.6. The number of aliphatic hydroxyl groups is 1. The van der Waals surface area contributed by atoms with Crippen molar-refractivity contribution in [1.29, 1.82) is 0 Å². The first kappa shape index (κ1) is 22.4. The summed E-state index contributed by atoms with van der Waals surface area (Å²) in [7, 11) is 0. The summed E-state index contributed by atoms with van der Waals surface area (Å²) in [4.78, 5) is 2.30. The lowest BCUT2D eigenvalue weighted by atomic mass is 9.93. The molecule has 0 saturated carbocycles. The Hall–Kier alpha value is -2.83. The molecule has 6 heteroatoms. The molecule has 1 aliphatic heterocycles. The first-order valence-electron chi connectivity index (χ1n) is 11.3. The monoisotopic (exact) mass is 435 g/mol. The van der Waals surface area contributed by atoms with Crippen LogP contribution in [-0.4, -0.2) is 51.7 Å². The molecule has 1 saturated heterocycles. The summed E-state index contributed by atoms with van der Waals surface area (Å²) >= 11 is 0. The number of nitrogens with zero attached hydrogens (tertiary/aromatic N) is 3. The first-order chi connectivity index (χ1) is 15.5. The summed E-state index contributed by atoms with van der Waals surface area (Å²) in [6, 6.07) is 20.0. The van der Waals surface area contributed by atoms with Gasteiger partial charge in [0.1, 0.15) is 30.3 Å². The van der Waals surface area contributed by atoms with Crippen LogP contribution in [0, 0.1) is 13.8 Å². The van der Waals surface area contributed by atoms with Crippen LogP contribution < -0.4 is 9.47 Å². The van der Waals surface area contributed by atoms with E-state index in [-0.39, 0.29) is 0 Å². The number of hydrogen-bond donors (Lipinski definition) is 1. The van der Waals surface area contributed by atoms with Crippen LogP contribution in [0.5, 0.6) is 11.5 Å². The Morgan fingerprint density at radius 2 is 1.81 bits per heavy atom. The van der Waals surface area contributed by atoms with E-state index in [1.54, 1.807) is 0 Å². The van der Waals surface area contributed by atoms with E-state index in [0.717, 1.165) is 55.4 Å². The Kier molecular flexibility index (Phi) is 7.12. The standard InChI is InChI=1S/C26H33N3O3/c1-21-16-22(2)29(27-21)14-15-31-25-11-6-8-23(17-25)18-28-13-7-12-26(30,19-28)20-32-24-9-4-3-5-10-24/h3-6,8-11,16-17,30H,7,12-15,18-20H2,1-2H3. The number of rotatable bonds is 9. The van der Waals surface area contributed by atoms with E-state index >= 15 is 0 Å². The van der Waals surface area contributed by atoms with Gasteiger partial charge in [-0.25, -0.2) is 0 Å². The third-order valence-corrected chi connectivity index (χ3v) is 5.86. The molecule has 1 atom stereocenters. The minimum atomic E-state index is -0.831. The van der Waals surface area contributed by atoms with Crippen molar-refractivity contribution >= 4 is 0 Å². The number of aryl methyl sites for hydroxylation is 2. The van der Waals surface area contributed by atoms with Gasteiger partial charge >= 0.3 is 0 Å². The highest BCUT2D eigenvalue weighted by atomic mass is 16.5. The Morgan fingerprint density at radius 3 is 2.59 bits per heavy atom. The smallest absolute Gasteiger partial charge is 0.119 e. The predicted octanol–water partition coefficient (Wildman–Crippen LogP) is 3.98. The molecule has 0 radical (unpaired) electrons. The molecule has 1 fully saturated rings. The fourth-order valence-corrected chi connectivity index (χ4v) is 4.34. The van der Waals surface area contributed by atoms with Crippen LogP contribution in [0.25, 0.3) is 0 Å². The topological polar surface area (TPSA) is 59.8 Å². The molecule has 32 heavy (non-hydrogen) atoms. The Bertz CT molecular complexity index is 1000. The molecule has 1 aliphatic rings. The van der Waals surface area contributed by atoms with Crippen molar-refractivity contribution in [3.63, 3.8) is 0 Å². The van der Waals surface area contributed by atoms with Crippen molar-refractivity contribution in [2.24, 2.45) is 0 Å². The van der Waals surface area contributed by atoms with Gasteiger partial charge in [-0.15, -0.1) is 0 Å². The SMILES string of the molecule is Cc1cc(C)n(CCOc2cccc(CN3CCCC(O)(COc4ccccc4)C3)c2)n1. The van der Waals surface area contributed by atoms with Crippen LogP contribution in [0.4, 0.5) is 0 Å². The number of benzene rings is 2. The molecule has 2 heterocycles. The summed E-state index contributed by atoms with van der Waals surface area (Å²) in [5.41, 5.74) is 2.53. The third-order valence-electron chi connectivity index (χ3n) is 5.86. The zero-order valence-electron chi connectivity index (χ0n) is 19.0. The Balaban J connectivity index is 1.29. The number of ether oxygens (including phenoxy) is 2. The van der Waals surface area contributed by atoms with E-state index in [0.29, 0.717) is 19.8 Å². The van der Waals surface area contributed by atoms with Gasteiger partial charge < -0.3 is 14.6 Å². The maximum atomic E-state index is 11.1. The van der Waals surface area contributed by atoms with Gasteiger partial charge in [-0.05, 0) is 69.1 Å². The first-order valence-corrected chi connectivity index (χ1v) is 11.3. The van der Waals surface area contributed by atoms with E-state index in [1.807, 2.05) is 54.1 Å². The predicted molar refractivity (Wildman–Crippen MR) is 125 cm³/mol. The highest BCUT2D eigenvalue weighted by Crippen LogP contribution is 2.25. The van der Waals surface area contributed by atoms with Crippen LogP contribution in [0.15, 0.2) is 60.7 Å². The maximum absolute atomic E-state index is 11.1. The summed E-state index contributed by atoms with van der Waals surface area (Å²) in [6.07, 6.45) is 1.71. The summed E-state index contributed by atoms with van der Waals surface area (Å²) in [5.74, 6) is 1.66. The van der Waals surface area contributed by atoms with Gasteiger partial charge in [0.15, 0.2) is 0 Å². The average Bonchev–Trinajstić information content (AvgIpc) is 3.10.